The first kappa shape index (κ1) is 26.2. The van der Waals surface area contributed by atoms with E-state index in [-0.39, 0.29) is 47.7 Å². The predicted octanol–water partition coefficient (Wildman–Crippen LogP) is 0.433. The molecule has 0 aliphatic rings. The summed E-state index contributed by atoms with van der Waals surface area (Å²) < 4.78 is 14.8. The van der Waals surface area contributed by atoms with Crippen LogP contribution in [0.25, 0.3) is 28.1 Å². The second kappa shape index (κ2) is 11.7. The van der Waals surface area contributed by atoms with Gasteiger partial charge in [-0.3, -0.25) is 4.98 Å². The second-order valence-electron chi connectivity index (χ2n) is 7.83. The maximum absolute atomic E-state index is 14.8. The van der Waals surface area contributed by atoms with E-state index in [0.717, 1.165) is 16.6 Å². The van der Waals surface area contributed by atoms with Crippen molar-refractivity contribution in [3.63, 3.8) is 0 Å². The monoisotopic (exact) mass is 445 g/mol. The average molecular weight is 445 g/mol. The number of aliphatic hydroxyl groups is 2. The van der Waals surface area contributed by atoms with E-state index in [9.17, 15) is 24.5 Å². The summed E-state index contributed by atoms with van der Waals surface area (Å²) in [6.45, 7) is 3.97. The van der Waals surface area contributed by atoms with Crippen LogP contribution in [0.2, 0.25) is 0 Å². The number of aliphatic carboxylic acids is 1. The Hall–Kier alpha value is -2.09. The summed E-state index contributed by atoms with van der Waals surface area (Å²) >= 11 is 0. The number of benzene rings is 2. The van der Waals surface area contributed by atoms with Crippen LogP contribution in [-0.2, 0) is 4.79 Å². The van der Waals surface area contributed by atoms with Crippen LogP contribution in [0.1, 0.15) is 43.9 Å². The molecule has 3 rings (SSSR count). The topological polar surface area (TPSA) is 93.5 Å². The third-order valence-corrected chi connectivity index (χ3v) is 5.05. The second-order valence-corrected chi connectivity index (χ2v) is 7.83. The molecule has 3 aromatic rings. The Kier molecular flexibility index (Phi) is 9.55. The van der Waals surface area contributed by atoms with Crippen LogP contribution in [-0.4, -0.2) is 33.4 Å². The number of halogens is 1. The van der Waals surface area contributed by atoms with E-state index < -0.39 is 24.6 Å². The maximum atomic E-state index is 14.8. The van der Waals surface area contributed by atoms with Gasteiger partial charge in [0.2, 0.25) is 0 Å². The molecule has 0 aliphatic carbocycles. The molecule has 162 valence electrons. The van der Waals surface area contributed by atoms with E-state index in [0.29, 0.717) is 16.7 Å². The number of fused-ring (bicyclic) bond motifs is 1. The number of aliphatic hydroxyl groups excluding tert-OH is 2. The van der Waals surface area contributed by atoms with Gasteiger partial charge in [-0.05, 0) is 18.1 Å². The third-order valence-electron chi connectivity index (χ3n) is 5.05. The smallest absolute Gasteiger partial charge is 0.550 e. The van der Waals surface area contributed by atoms with E-state index >= 15 is 0 Å². The van der Waals surface area contributed by atoms with Gasteiger partial charge in [0.1, 0.15) is 5.82 Å². The summed E-state index contributed by atoms with van der Waals surface area (Å²) in [7, 11) is 0. The Morgan fingerprint density at radius 1 is 1.12 bits per heavy atom. The fraction of sp³-hybridized carbons (Fsp3) is 0.280. The van der Waals surface area contributed by atoms with Crippen LogP contribution in [0.5, 0.6) is 0 Å². The minimum absolute atomic E-state index is 0. The number of carboxylic acids is 1. The summed E-state index contributed by atoms with van der Waals surface area (Å²) in [5.41, 5.74) is 3.26. The summed E-state index contributed by atoms with van der Waals surface area (Å²) in [5, 5.41) is 31.5. The van der Waals surface area contributed by atoms with Gasteiger partial charge in [0.25, 0.3) is 0 Å². The number of nitrogens with zero attached hydrogens (tertiary/aromatic N) is 1. The van der Waals surface area contributed by atoms with Gasteiger partial charge in [0.15, 0.2) is 0 Å². The summed E-state index contributed by atoms with van der Waals surface area (Å²) in [6.07, 6.45) is 0.120. The normalized spacial score (nSPS) is 13.3. The van der Waals surface area contributed by atoms with Gasteiger partial charge in [-0.25, -0.2) is 4.39 Å². The number of aromatic nitrogens is 1. The first-order chi connectivity index (χ1) is 14.8. The molecule has 7 heteroatoms. The molecule has 0 aliphatic heterocycles. The number of para-hydroxylation sites is 1. The standard InChI is InChI=1S/C25H26FNO4.Na/c1-15(2)25-20(12-11-16(28)13-17(29)14-23(30)31)24(18-7-3-5-9-21(18)26)19-8-4-6-10-22(19)27-25;/h3-12,15-17,28-29H,13-14H2,1-2H3,(H,30,31);/q;+1/p-1. The number of hydrogen-bond acceptors (Lipinski definition) is 5. The van der Waals surface area contributed by atoms with Crippen LogP contribution in [0, 0.1) is 5.82 Å². The Balaban J connectivity index is 0.00000363. The van der Waals surface area contributed by atoms with Crippen molar-refractivity contribution in [2.45, 2.75) is 44.8 Å². The Labute approximate surface area is 208 Å². The summed E-state index contributed by atoms with van der Waals surface area (Å²) in [6, 6.07) is 14.0. The first-order valence-corrected chi connectivity index (χ1v) is 10.2. The van der Waals surface area contributed by atoms with Crippen molar-refractivity contribution in [3.8, 4) is 11.1 Å². The van der Waals surface area contributed by atoms with E-state index in [4.69, 9.17) is 4.98 Å². The van der Waals surface area contributed by atoms with Crippen molar-refractivity contribution >= 4 is 22.9 Å². The molecular weight excluding hydrogens is 420 g/mol. The number of carbonyl (C=O) groups is 1. The molecule has 0 radical (unpaired) electrons. The van der Waals surface area contributed by atoms with Crippen LogP contribution >= 0.6 is 0 Å². The number of pyridine rings is 1. The molecule has 2 N–H and O–H groups in total. The molecule has 2 atom stereocenters. The van der Waals surface area contributed by atoms with Crippen molar-refractivity contribution in [3.05, 3.63) is 71.7 Å². The van der Waals surface area contributed by atoms with Gasteiger partial charge >= 0.3 is 29.6 Å². The molecule has 1 aromatic heterocycles. The number of rotatable bonds is 8. The molecule has 0 spiro atoms. The summed E-state index contributed by atoms with van der Waals surface area (Å²) in [4.78, 5) is 15.4. The first-order valence-electron chi connectivity index (χ1n) is 10.2. The van der Waals surface area contributed by atoms with Gasteiger partial charge < -0.3 is 20.1 Å². The molecule has 0 bridgehead atoms. The molecule has 5 nitrogen and oxygen atoms in total. The molecule has 32 heavy (non-hydrogen) atoms. The average Bonchev–Trinajstić information content (AvgIpc) is 2.71. The van der Waals surface area contributed by atoms with Crippen LogP contribution in [0.3, 0.4) is 0 Å². The van der Waals surface area contributed by atoms with Gasteiger partial charge in [-0.2, -0.15) is 0 Å². The minimum atomic E-state index is -1.38. The van der Waals surface area contributed by atoms with Gasteiger partial charge in [0.05, 0.1) is 23.4 Å². The molecule has 0 fully saturated rings. The van der Waals surface area contributed by atoms with Crippen molar-refractivity contribution in [1.29, 1.82) is 0 Å². The molecular formula is C25H25FNNaO4. The summed E-state index contributed by atoms with van der Waals surface area (Å²) in [5.74, 6) is -1.73. The van der Waals surface area contributed by atoms with Gasteiger partial charge in [-0.1, -0.05) is 62.4 Å². The number of hydrogen-bond donors (Lipinski definition) is 2. The Bertz CT molecular complexity index is 1120. The molecule has 0 amide bonds. The zero-order valence-corrected chi connectivity index (χ0v) is 20.5. The van der Waals surface area contributed by atoms with Gasteiger partial charge in [0, 0.05) is 40.9 Å². The molecule has 1 heterocycles. The minimum Gasteiger partial charge on any atom is -0.550 e. The number of carboxylic acid groups (broad SMARTS) is 1. The SMILES string of the molecule is CC(C)c1nc2ccccc2c(-c2ccccc2F)c1C=CC(O)CC(O)CC(=O)[O-].[Na+]. The van der Waals surface area contributed by atoms with E-state index in [1.165, 1.54) is 12.1 Å². The van der Waals surface area contributed by atoms with Crippen molar-refractivity contribution in [2.24, 2.45) is 0 Å². The van der Waals surface area contributed by atoms with E-state index in [2.05, 4.69) is 0 Å². The fourth-order valence-corrected chi connectivity index (χ4v) is 3.65. The van der Waals surface area contributed by atoms with Crippen LogP contribution < -0.4 is 34.7 Å². The van der Waals surface area contributed by atoms with Gasteiger partial charge in [-0.15, -0.1) is 0 Å². The van der Waals surface area contributed by atoms with Crippen molar-refractivity contribution < 1.29 is 54.1 Å². The zero-order valence-electron chi connectivity index (χ0n) is 18.5. The molecule has 0 saturated carbocycles. The zero-order chi connectivity index (χ0) is 22.5. The largest absolute Gasteiger partial charge is 1.00 e. The van der Waals surface area contributed by atoms with Crippen LogP contribution in [0.4, 0.5) is 4.39 Å². The molecule has 2 unspecified atom stereocenters. The van der Waals surface area contributed by atoms with Crippen molar-refractivity contribution in [1.82, 2.24) is 4.98 Å². The van der Waals surface area contributed by atoms with Crippen LogP contribution in [0.15, 0.2) is 54.6 Å². The van der Waals surface area contributed by atoms with Crippen molar-refractivity contribution in [2.75, 3.05) is 0 Å². The Morgan fingerprint density at radius 2 is 1.78 bits per heavy atom. The molecule has 2 aromatic carbocycles. The van der Waals surface area contributed by atoms with E-state index in [1.54, 1.807) is 24.3 Å². The fourth-order valence-electron chi connectivity index (χ4n) is 3.65. The van der Waals surface area contributed by atoms with E-state index in [1.807, 2.05) is 38.1 Å². The quantitative estimate of drug-likeness (QED) is 0.491. The number of carbonyl (C=O) groups excluding carboxylic acids is 1. The Morgan fingerprint density at radius 3 is 2.44 bits per heavy atom. The predicted molar refractivity (Wildman–Crippen MR) is 117 cm³/mol. The third kappa shape index (κ3) is 6.24. The molecule has 0 saturated heterocycles. The maximum Gasteiger partial charge on any atom is 1.00 e.